The van der Waals surface area contributed by atoms with Crippen molar-refractivity contribution in [2.45, 2.75) is 188 Å². The molecule has 3 nitrogen and oxygen atoms in total. The number of hydrogen-bond acceptors (Lipinski definition) is 2. The SMILES string of the molecule is CCCCCCC1C=CC(CCCCCCCCCC(=O)O)C(/C=C/CCCCCCCC(C)=O)C1CCCCCC. The van der Waals surface area contributed by atoms with E-state index < -0.39 is 5.97 Å². The second-order valence-electron chi connectivity index (χ2n) is 13.5. The van der Waals surface area contributed by atoms with Crippen LogP contribution in [0.25, 0.3) is 0 Å². The molecule has 4 atom stereocenters. The molecule has 0 aromatic heterocycles. The summed E-state index contributed by atoms with van der Waals surface area (Å²) in [5.74, 6) is 2.60. The molecule has 0 aliphatic heterocycles. The van der Waals surface area contributed by atoms with Gasteiger partial charge >= 0.3 is 5.97 Å². The minimum Gasteiger partial charge on any atom is -0.481 e. The van der Waals surface area contributed by atoms with Crippen molar-refractivity contribution in [2.75, 3.05) is 0 Å². The Kier molecular flexibility index (Phi) is 25.0. The summed E-state index contributed by atoms with van der Waals surface area (Å²) in [5, 5.41) is 8.82. The minimum absolute atomic E-state index is 0.323. The van der Waals surface area contributed by atoms with Crippen molar-refractivity contribution in [2.24, 2.45) is 23.7 Å². The molecule has 0 aromatic carbocycles. The number of rotatable bonds is 29. The third kappa shape index (κ3) is 20.5. The maximum absolute atomic E-state index is 11.2. The Labute approximate surface area is 261 Å². The van der Waals surface area contributed by atoms with Crippen LogP contribution in [-0.4, -0.2) is 16.9 Å². The molecule has 0 radical (unpaired) electrons. The lowest BCUT2D eigenvalue weighted by atomic mass is 9.66. The third-order valence-electron chi connectivity index (χ3n) is 9.61. The number of aliphatic carboxylic acids is 1. The van der Waals surface area contributed by atoms with E-state index in [0.29, 0.717) is 24.0 Å². The van der Waals surface area contributed by atoms with Crippen molar-refractivity contribution >= 4 is 11.8 Å². The normalized spacial score (nSPS) is 20.5. The van der Waals surface area contributed by atoms with Gasteiger partial charge in [-0.05, 0) is 75.5 Å². The molecule has 0 heterocycles. The molecule has 42 heavy (non-hydrogen) atoms. The molecule has 0 spiro atoms. The smallest absolute Gasteiger partial charge is 0.303 e. The van der Waals surface area contributed by atoms with Crippen LogP contribution in [0, 0.1) is 23.7 Å². The van der Waals surface area contributed by atoms with Crippen LogP contribution >= 0.6 is 0 Å². The first-order valence-electron chi connectivity index (χ1n) is 18.6. The van der Waals surface area contributed by atoms with Crippen LogP contribution in [0.4, 0.5) is 0 Å². The van der Waals surface area contributed by atoms with E-state index in [2.05, 4.69) is 38.2 Å². The minimum atomic E-state index is -0.660. The molecule has 1 rings (SSSR count). The van der Waals surface area contributed by atoms with E-state index >= 15 is 0 Å². The zero-order valence-corrected chi connectivity index (χ0v) is 28.3. The van der Waals surface area contributed by atoms with Crippen molar-refractivity contribution < 1.29 is 14.7 Å². The summed E-state index contributed by atoms with van der Waals surface area (Å²) in [4.78, 5) is 21.9. The number of carboxylic acid groups (broad SMARTS) is 1. The summed E-state index contributed by atoms with van der Waals surface area (Å²) in [6.45, 7) is 6.34. The van der Waals surface area contributed by atoms with Gasteiger partial charge < -0.3 is 9.90 Å². The van der Waals surface area contributed by atoms with Gasteiger partial charge in [-0.2, -0.15) is 0 Å². The number of hydrogen-bond donors (Lipinski definition) is 1. The molecular weight excluding hydrogens is 516 g/mol. The molecule has 244 valence electrons. The van der Waals surface area contributed by atoms with E-state index in [1.165, 1.54) is 135 Å². The number of carbonyl (C=O) groups is 2. The van der Waals surface area contributed by atoms with E-state index in [9.17, 15) is 9.59 Å². The Morgan fingerprint density at radius 2 is 1.07 bits per heavy atom. The topological polar surface area (TPSA) is 54.4 Å². The fraction of sp³-hybridized carbons (Fsp3) is 0.846. The van der Waals surface area contributed by atoms with Gasteiger partial charge in [0.1, 0.15) is 5.78 Å². The molecular formula is C39H70O3. The van der Waals surface area contributed by atoms with Gasteiger partial charge in [-0.3, -0.25) is 4.79 Å². The second-order valence-corrected chi connectivity index (χ2v) is 13.5. The zero-order valence-electron chi connectivity index (χ0n) is 28.3. The fourth-order valence-corrected chi connectivity index (χ4v) is 7.02. The fourth-order valence-electron chi connectivity index (χ4n) is 7.02. The van der Waals surface area contributed by atoms with Crippen molar-refractivity contribution in [3.05, 3.63) is 24.3 Å². The number of carbonyl (C=O) groups excluding carboxylic acids is 1. The first-order chi connectivity index (χ1) is 20.5. The molecule has 1 aliphatic rings. The van der Waals surface area contributed by atoms with Crippen molar-refractivity contribution in [1.82, 2.24) is 0 Å². The highest BCUT2D eigenvalue weighted by Gasteiger charge is 2.33. The Hall–Kier alpha value is -1.38. The molecule has 0 aromatic rings. The zero-order chi connectivity index (χ0) is 30.7. The summed E-state index contributed by atoms with van der Waals surface area (Å²) in [6.07, 6.45) is 42.0. The summed E-state index contributed by atoms with van der Waals surface area (Å²) in [5.41, 5.74) is 0. The van der Waals surface area contributed by atoms with Crippen molar-refractivity contribution in [3.63, 3.8) is 0 Å². The molecule has 0 fully saturated rings. The predicted octanol–water partition coefficient (Wildman–Crippen LogP) is 12.4. The Balaban J connectivity index is 2.70. The van der Waals surface area contributed by atoms with Crippen molar-refractivity contribution in [1.29, 1.82) is 0 Å². The second kappa shape index (κ2) is 27.2. The maximum Gasteiger partial charge on any atom is 0.303 e. The highest BCUT2D eigenvalue weighted by molar-refractivity contribution is 5.75. The van der Waals surface area contributed by atoms with E-state index in [4.69, 9.17) is 5.11 Å². The standard InChI is InChI=1S/C39H70O3/c1-4-6-8-21-27-35-32-33-36(28-22-17-13-11-15-19-25-31-39(41)42)38(37(35)29-23-9-7-5-2)30-24-18-14-10-12-16-20-26-34(3)40/h24,30,32-33,35-38H,4-23,25-29,31H2,1-3H3,(H,41,42)/b30-24+. The van der Waals surface area contributed by atoms with E-state index in [-0.39, 0.29) is 0 Å². The number of allylic oxidation sites excluding steroid dienone is 4. The molecule has 4 unspecified atom stereocenters. The molecule has 0 saturated heterocycles. The summed E-state index contributed by atoms with van der Waals surface area (Å²) in [6, 6.07) is 0. The first-order valence-corrected chi connectivity index (χ1v) is 18.6. The van der Waals surface area contributed by atoms with Gasteiger partial charge in [0.15, 0.2) is 0 Å². The third-order valence-corrected chi connectivity index (χ3v) is 9.61. The number of ketones is 1. The highest BCUT2D eigenvalue weighted by Crippen LogP contribution is 2.43. The van der Waals surface area contributed by atoms with E-state index in [1.54, 1.807) is 6.92 Å². The van der Waals surface area contributed by atoms with Crippen LogP contribution in [0.15, 0.2) is 24.3 Å². The molecule has 1 N–H and O–H groups in total. The van der Waals surface area contributed by atoms with Gasteiger partial charge in [-0.25, -0.2) is 0 Å². The Morgan fingerprint density at radius 3 is 1.67 bits per heavy atom. The summed E-state index contributed by atoms with van der Waals surface area (Å²) in [7, 11) is 0. The average Bonchev–Trinajstić information content (AvgIpc) is 2.96. The predicted molar refractivity (Wildman–Crippen MR) is 182 cm³/mol. The number of Topliss-reactive ketones (excluding diaryl/α,β-unsaturated/α-hetero) is 1. The van der Waals surface area contributed by atoms with Crippen LogP contribution in [0.3, 0.4) is 0 Å². The van der Waals surface area contributed by atoms with Gasteiger partial charge in [0.2, 0.25) is 0 Å². The highest BCUT2D eigenvalue weighted by atomic mass is 16.4. The van der Waals surface area contributed by atoms with Crippen LogP contribution < -0.4 is 0 Å². The quantitative estimate of drug-likeness (QED) is 0.0700. The van der Waals surface area contributed by atoms with Gasteiger partial charge in [0.25, 0.3) is 0 Å². The lowest BCUT2D eigenvalue weighted by Crippen LogP contribution is -2.30. The Bertz CT molecular complexity index is 708. The van der Waals surface area contributed by atoms with Gasteiger partial charge in [0.05, 0.1) is 0 Å². The first kappa shape index (κ1) is 38.6. The van der Waals surface area contributed by atoms with Gasteiger partial charge in [0, 0.05) is 12.8 Å². The van der Waals surface area contributed by atoms with Crippen LogP contribution in [0.2, 0.25) is 0 Å². The number of unbranched alkanes of at least 4 members (excludes halogenated alkanes) is 17. The molecule has 0 amide bonds. The van der Waals surface area contributed by atoms with Crippen LogP contribution in [0.1, 0.15) is 188 Å². The van der Waals surface area contributed by atoms with Gasteiger partial charge in [-0.1, -0.05) is 147 Å². The Morgan fingerprint density at radius 1 is 0.595 bits per heavy atom. The van der Waals surface area contributed by atoms with Crippen LogP contribution in [0.5, 0.6) is 0 Å². The van der Waals surface area contributed by atoms with Crippen molar-refractivity contribution in [3.8, 4) is 0 Å². The largest absolute Gasteiger partial charge is 0.481 e. The molecule has 0 saturated carbocycles. The van der Waals surface area contributed by atoms with E-state index in [1.807, 2.05) is 0 Å². The molecule has 0 bridgehead atoms. The summed E-state index contributed by atoms with van der Waals surface area (Å²) < 4.78 is 0. The summed E-state index contributed by atoms with van der Waals surface area (Å²) >= 11 is 0. The monoisotopic (exact) mass is 587 g/mol. The molecule has 3 heteroatoms. The van der Waals surface area contributed by atoms with Crippen LogP contribution in [-0.2, 0) is 9.59 Å². The van der Waals surface area contributed by atoms with E-state index in [0.717, 1.165) is 37.5 Å². The molecule has 1 aliphatic carbocycles. The maximum atomic E-state index is 11.2. The van der Waals surface area contributed by atoms with Gasteiger partial charge in [-0.15, -0.1) is 0 Å². The lowest BCUT2D eigenvalue weighted by Gasteiger charge is -2.39. The number of carboxylic acids is 1. The average molecular weight is 587 g/mol. The lowest BCUT2D eigenvalue weighted by molar-refractivity contribution is -0.137.